The Bertz CT molecular complexity index is 364. The summed E-state index contributed by atoms with van der Waals surface area (Å²) in [5.41, 5.74) is 1.15. The Labute approximate surface area is 105 Å². The maximum absolute atomic E-state index is 12.0. The molecule has 0 aromatic heterocycles. The molecule has 2 nitrogen and oxygen atoms in total. The van der Waals surface area contributed by atoms with Crippen molar-refractivity contribution in [1.29, 1.82) is 0 Å². The third-order valence-electron chi connectivity index (χ3n) is 3.17. The van der Waals surface area contributed by atoms with Crippen LogP contribution in [0.15, 0.2) is 30.3 Å². The number of nitrogens with one attached hydrogen (secondary N) is 1. The van der Waals surface area contributed by atoms with Crippen molar-refractivity contribution in [3.05, 3.63) is 30.3 Å². The number of hydrogen-bond acceptors (Lipinski definition) is 2. The quantitative estimate of drug-likeness (QED) is 0.893. The van der Waals surface area contributed by atoms with Crippen LogP contribution in [0.25, 0.3) is 0 Å². The normalized spacial score (nSPS) is 20.4. The monoisotopic (exact) mass is 258 g/mol. The van der Waals surface area contributed by atoms with Gasteiger partial charge in [-0.1, -0.05) is 18.2 Å². The first-order valence-corrected chi connectivity index (χ1v) is 6.12. The standard InChI is InChI=1S/C13H17F3N2/c14-13(15,16)10-17-8-11-6-7-18(9-11)12-4-2-1-3-5-12/h1-5,11,17H,6-10H2. The molecule has 1 fully saturated rings. The molecule has 100 valence electrons. The van der Waals surface area contributed by atoms with Gasteiger partial charge in [0.15, 0.2) is 0 Å². The minimum atomic E-state index is -4.11. The van der Waals surface area contributed by atoms with Crippen LogP contribution in [0.5, 0.6) is 0 Å². The SMILES string of the molecule is FC(F)(F)CNCC1CCN(c2ccccc2)C1. The van der Waals surface area contributed by atoms with Gasteiger partial charge in [0.25, 0.3) is 0 Å². The highest BCUT2D eigenvalue weighted by Gasteiger charge is 2.28. The van der Waals surface area contributed by atoms with Gasteiger partial charge in [-0.2, -0.15) is 13.2 Å². The first-order valence-electron chi connectivity index (χ1n) is 6.12. The third-order valence-corrected chi connectivity index (χ3v) is 3.17. The Balaban J connectivity index is 1.76. The molecular formula is C13H17F3N2. The average molecular weight is 258 g/mol. The summed E-state index contributed by atoms with van der Waals surface area (Å²) in [7, 11) is 0. The van der Waals surface area contributed by atoms with Gasteiger partial charge < -0.3 is 10.2 Å². The van der Waals surface area contributed by atoms with Crippen molar-refractivity contribution in [1.82, 2.24) is 5.32 Å². The Morgan fingerprint density at radius 2 is 1.94 bits per heavy atom. The molecule has 1 unspecified atom stereocenters. The summed E-state index contributed by atoms with van der Waals surface area (Å²) in [6.07, 6.45) is -3.17. The predicted molar refractivity (Wildman–Crippen MR) is 65.7 cm³/mol. The second kappa shape index (κ2) is 5.61. The van der Waals surface area contributed by atoms with E-state index in [0.717, 1.165) is 25.2 Å². The maximum Gasteiger partial charge on any atom is 0.401 e. The summed E-state index contributed by atoms with van der Waals surface area (Å²) >= 11 is 0. The van der Waals surface area contributed by atoms with E-state index in [1.54, 1.807) is 0 Å². The van der Waals surface area contributed by atoms with Crippen molar-refractivity contribution in [3.63, 3.8) is 0 Å². The zero-order valence-corrected chi connectivity index (χ0v) is 10.1. The third kappa shape index (κ3) is 3.91. The number of rotatable bonds is 4. The van der Waals surface area contributed by atoms with Gasteiger partial charge in [-0.3, -0.25) is 0 Å². The molecule has 1 aliphatic heterocycles. The summed E-state index contributed by atoms with van der Waals surface area (Å²) in [4.78, 5) is 2.22. The smallest absolute Gasteiger partial charge is 0.371 e. The molecular weight excluding hydrogens is 241 g/mol. The Morgan fingerprint density at radius 3 is 2.61 bits per heavy atom. The van der Waals surface area contributed by atoms with Crippen LogP contribution in [-0.2, 0) is 0 Å². The van der Waals surface area contributed by atoms with Crippen LogP contribution < -0.4 is 10.2 Å². The van der Waals surface area contributed by atoms with Gasteiger partial charge in [0.05, 0.1) is 6.54 Å². The molecule has 0 amide bonds. The molecule has 1 aliphatic rings. The van der Waals surface area contributed by atoms with Crippen molar-refractivity contribution in [2.75, 3.05) is 31.1 Å². The van der Waals surface area contributed by atoms with Crippen LogP contribution in [0.4, 0.5) is 18.9 Å². The van der Waals surface area contributed by atoms with Gasteiger partial charge in [-0.15, -0.1) is 0 Å². The van der Waals surface area contributed by atoms with Crippen molar-refractivity contribution in [3.8, 4) is 0 Å². The van der Waals surface area contributed by atoms with Gasteiger partial charge >= 0.3 is 6.18 Å². The highest BCUT2D eigenvalue weighted by atomic mass is 19.4. The molecule has 1 aromatic rings. The van der Waals surface area contributed by atoms with Crippen LogP contribution in [0.1, 0.15) is 6.42 Å². The lowest BCUT2D eigenvalue weighted by molar-refractivity contribution is -0.125. The number of para-hydroxylation sites is 1. The Morgan fingerprint density at radius 1 is 1.22 bits per heavy atom. The average Bonchev–Trinajstić information content (AvgIpc) is 2.77. The second-order valence-electron chi connectivity index (χ2n) is 4.68. The molecule has 5 heteroatoms. The highest BCUT2D eigenvalue weighted by Crippen LogP contribution is 2.23. The summed E-state index contributed by atoms with van der Waals surface area (Å²) in [5.74, 6) is 0.299. The van der Waals surface area contributed by atoms with Crippen molar-refractivity contribution in [2.45, 2.75) is 12.6 Å². The minimum absolute atomic E-state index is 0.299. The van der Waals surface area contributed by atoms with Gasteiger partial charge in [0, 0.05) is 25.3 Å². The van der Waals surface area contributed by atoms with Gasteiger partial charge in [0.1, 0.15) is 0 Å². The molecule has 1 aromatic carbocycles. The van der Waals surface area contributed by atoms with E-state index in [-0.39, 0.29) is 0 Å². The first-order chi connectivity index (χ1) is 8.54. The van der Waals surface area contributed by atoms with Gasteiger partial charge in [-0.25, -0.2) is 0 Å². The first kappa shape index (κ1) is 13.2. The fourth-order valence-electron chi connectivity index (χ4n) is 2.29. The van der Waals surface area contributed by atoms with E-state index in [4.69, 9.17) is 0 Å². The van der Waals surface area contributed by atoms with Crippen molar-refractivity contribution >= 4 is 5.69 Å². The molecule has 1 saturated heterocycles. The molecule has 0 bridgehead atoms. The van der Waals surface area contributed by atoms with E-state index in [9.17, 15) is 13.2 Å². The topological polar surface area (TPSA) is 15.3 Å². The Kier molecular flexibility index (Phi) is 4.11. The number of benzene rings is 1. The lowest BCUT2D eigenvalue weighted by Crippen LogP contribution is -2.33. The van der Waals surface area contributed by atoms with Crippen LogP contribution in [0, 0.1) is 5.92 Å². The molecule has 1 heterocycles. The molecule has 0 aliphatic carbocycles. The van der Waals surface area contributed by atoms with E-state index >= 15 is 0 Å². The molecule has 1 N–H and O–H groups in total. The zero-order chi connectivity index (χ0) is 13.0. The lowest BCUT2D eigenvalue weighted by Gasteiger charge is -2.18. The largest absolute Gasteiger partial charge is 0.401 e. The molecule has 0 spiro atoms. The number of nitrogens with zero attached hydrogens (tertiary/aromatic N) is 1. The Hall–Kier alpha value is -1.23. The van der Waals surface area contributed by atoms with Crippen molar-refractivity contribution < 1.29 is 13.2 Å². The van der Waals surface area contributed by atoms with E-state index in [2.05, 4.69) is 10.2 Å². The van der Waals surface area contributed by atoms with E-state index in [1.165, 1.54) is 0 Å². The number of halogens is 3. The van der Waals surface area contributed by atoms with Crippen molar-refractivity contribution in [2.24, 2.45) is 5.92 Å². The number of hydrogen-bond donors (Lipinski definition) is 1. The zero-order valence-electron chi connectivity index (χ0n) is 10.1. The molecule has 2 rings (SSSR count). The fraction of sp³-hybridized carbons (Fsp3) is 0.538. The summed E-state index contributed by atoms with van der Waals surface area (Å²) in [6.45, 7) is 1.29. The summed E-state index contributed by atoms with van der Waals surface area (Å²) < 4.78 is 36.0. The van der Waals surface area contributed by atoms with Gasteiger partial charge in [-0.05, 0) is 24.5 Å². The number of alkyl halides is 3. The highest BCUT2D eigenvalue weighted by molar-refractivity contribution is 5.46. The summed E-state index contributed by atoms with van der Waals surface area (Å²) in [5, 5.41) is 2.49. The van der Waals surface area contributed by atoms with E-state index in [1.807, 2.05) is 30.3 Å². The molecule has 0 saturated carbocycles. The maximum atomic E-state index is 12.0. The van der Waals surface area contributed by atoms with E-state index in [0.29, 0.717) is 12.5 Å². The second-order valence-corrected chi connectivity index (χ2v) is 4.68. The molecule has 1 atom stereocenters. The van der Waals surface area contributed by atoms with Crippen LogP contribution in [0.3, 0.4) is 0 Å². The molecule has 0 radical (unpaired) electrons. The lowest BCUT2D eigenvalue weighted by atomic mass is 10.1. The fourth-order valence-corrected chi connectivity index (χ4v) is 2.29. The van der Waals surface area contributed by atoms with E-state index < -0.39 is 12.7 Å². The summed E-state index contributed by atoms with van der Waals surface area (Å²) in [6, 6.07) is 9.98. The van der Waals surface area contributed by atoms with Crippen LogP contribution >= 0.6 is 0 Å². The molecule has 18 heavy (non-hydrogen) atoms. The van der Waals surface area contributed by atoms with Crippen LogP contribution in [-0.4, -0.2) is 32.4 Å². The minimum Gasteiger partial charge on any atom is -0.371 e. The predicted octanol–water partition coefficient (Wildman–Crippen LogP) is 2.66. The number of anilines is 1. The van der Waals surface area contributed by atoms with Crippen LogP contribution in [0.2, 0.25) is 0 Å². The van der Waals surface area contributed by atoms with Gasteiger partial charge in [0.2, 0.25) is 0 Å².